The summed E-state index contributed by atoms with van der Waals surface area (Å²) in [7, 11) is 1.55. The van der Waals surface area contributed by atoms with Gasteiger partial charge in [0.05, 0.1) is 18.6 Å². The summed E-state index contributed by atoms with van der Waals surface area (Å²) < 4.78 is 5.07. The number of hydrogen-bond acceptors (Lipinski definition) is 4. The maximum Gasteiger partial charge on any atom is 0.222 e. The summed E-state index contributed by atoms with van der Waals surface area (Å²) in [6.07, 6.45) is 3.71. The highest BCUT2D eigenvalue weighted by atomic mass is 35.5. The van der Waals surface area contributed by atoms with Crippen molar-refractivity contribution in [3.63, 3.8) is 0 Å². The van der Waals surface area contributed by atoms with E-state index in [9.17, 15) is 9.90 Å². The van der Waals surface area contributed by atoms with Crippen LogP contribution < -0.4 is 11.1 Å². The molecule has 1 rings (SSSR count). The average Bonchev–Trinajstić information content (AvgIpc) is 2.37. The van der Waals surface area contributed by atoms with Gasteiger partial charge in [-0.15, -0.1) is 12.4 Å². The molecule has 0 heterocycles. The van der Waals surface area contributed by atoms with E-state index in [1.54, 1.807) is 7.11 Å². The Labute approximate surface area is 121 Å². The minimum absolute atomic E-state index is 0. The Morgan fingerprint density at radius 2 is 2.26 bits per heavy atom. The Morgan fingerprint density at radius 1 is 1.58 bits per heavy atom. The molecule has 0 aliphatic heterocycles. The predicted octanol–water partition coefficient (Wildman–Crippen LogP) is 0.829. The first kappa shape index (κ1) is 18.6. The fraction of sp³-hybridized carbons (Fsp3) is 0.923. The maximum atomic E-state index is 11.7. The number of rotatable bonds is 6. The summed E-state index contributed by atoms with van der Waals surface area (Å²) in [5.41, 5.74) is 5.28. The first-order valence-corrected chi connectivity index (χ1v) is 6.69. The van der Waals surface area contributed by atoms with Crippen LogP contribution in [0.2, 0.25) is 0 Å². The molecule has 1 fully saturated rings. The van der Waals surface area contributed by atoms with Gasteiger partial charge in [0.25, 0.3) is 0 Å². The molecule has 0 radical (unpaired) electrons. The van der Waals surface area contributed by atoms with E-state index in [-0.39, 0.29) is 42.4 Å². The summed E-state index contributed by atoms with van der Waals surface area (Å²) in [4.78, 5) is 11.7. The number of halogens is 1. The molecule has 0 bridgehead atoms. The van der Waals surface area contributed by atoms with Crippen molar-refractivity contribution in [2.45, 2.75) is 51.2 Å². The van der Waals surface area contributed by atoms with Gasteiger partial charge in [0.1, 0.15) is 0 Å². The summed E-state index contributed by atoms with van der Waals surface area (Å²) in [5.74, 6) is -0.0636. The zero-order valence-electron chi connectivity index (χ0n) is 11.9. The van der Waals surface area contributed by atoms with Gasteiger partial charge in [-0.1, -0.05) is 19.8 Å². The quantitative estimate of drug-likeness (QED) is 0.677. The van der Waals surface area contributed by atoms with Crippen molar-refractivity contribution in [2.24, 2.45) is 11.1 Å². The van der Waals surface area contributed by atoms with Crippen molar-refractivity contribution in [3.05, 3.63) is 0 Å². The highest BCUT2D eigenvalue weighted by molar-refractivity contribution is 5.85. The molecule has 1 saturated carbocycles. The number of amides is 1. The second-order valence-electron chi connectivity index (χ2n) is 5.49. The van der Waals surface area contributed by atoms with Crippen LogP contribution in [0.1, 0.15) is 39.0 Å². The molecule has 1 aliphatic carbocycles. The van der Waals surface area contributed by atoms with Crippen molar-refractivity contribution in [1.29, 1.82) is 0 Å². The van der Waals surface area contributed by atoms with Crippen molar-refractivity contribution < 1.29 is 14.6 Å². The third-order valence-electron chi connectivity index (χ3n) is 3.98. The van der Waals surface area contributed by atoms with Crippen LogP contribution in [0.5, 0.6) is 0 Å². The van der Waals surface area contributed by atoms with Crippen molar-refractivity contribution in [2.75, 3.05) is 20.2 Å². The number of hydrogen-bond donors (Lipinski definition) is 3. The van der Waals surface area contributed by atoms with Gasteiger partial charge >= 0.3 is 0 Å². The van der Waals surface area contributed by atoms with Crippen LogP contribution in [0.3, 0.4) is 0 Å². The first-order chi connectivity index (χ1) is 8.51. The molecule has 1 amide bonds. The lowest BCUT2D eigenvalue weighted by atomic mass is 9.73. The highest BCUT2D eigenvalue weighted by Crippen LogP contribution is 2.35. The van der Waals surface area contributed by atoms with Gasteiger partial charge in [-0.2, -0.15) is 0 Å². The molecular weight excluding hydrogens is 268 g/mol. The minimum Gasteiger partial charge on any atom is -0.392 e. The molecule has 114 valence electrons. The van der Waals surface area contributed by atoms with E-state index in [1.807, 2.05) is 6.92 Å². The molecule has 19 heavy (non-hydrogen) atoms. The van der Waals surface area contributed by atoms with Crippen LogP contribution in [-0.2, 0) is 9.53 Å². The zero-order valence-corrected chi connectivity index (χ0v) is 12.7. The lowest BCUT2D eigenvalue weighted by Gasteiger charge is -2.38. The highest BCUT2D eigenvalue weighted by Gasteiger charge is 2.35. The summed E-state index contributed by atoms with van der Waals surface area (Å²) in [5, 5.41) is 12.9. The number of ether oxygens (including phenoxy) is 1. The second kappa shape index (κ2) is 8.74. The number of aliphatic hydroxyl groups is 1. The molecule has 0 aromatic heterocycles. The standard InChI is InChI=1S/C13H26N2O3.ClH/c1-13(6-4-3-5-11(13)16)9-15-12(17)7-10(8-14)18-2;/h10-11,16H,3-9,14H2,1-2H3,(H,15,17);1H. The summed E-state index contributed by atoms with van der Waals surface area (Å²) in [6, 6.07) is 0. The lowest BCUT2D eigenvalue weighted by Crippen LogP contribution is -2.46. The molecular formula is C13H27ClN2O3. The van der Waals surface area contributed by atoms with Crippen LogP contribution in [-0.4, -0.2) is 43.4 Å². The molecule has 4 N–H and O–H groups in total. The molecule has 3 atom stereocenters. The third-order valence-corrected chi connectivity index (χ3v) is 3.98. The number of nitrogens with two attached hydrogens (primary N) is 1. The average molecular weight is 295 g/mol. The third kappa shape index (κ3) is 5.65. The number of carbonyl (C=O) groups excluding carboxylic acids is 1. The number of aliphatic hydroxyl groups excluding tert-OH is 1. The lowest BCUT2D eigenvalue weighted by molar-refractivity contribution is -0.124. The topological polar surface area (TPSA) is 84.6 Å². The van der Waals surface area contributed by atoms with Crippen molar-refractivity contribution >= 4 is 18.3 Å². The normalized spacial score (nSPS) is 28.3. The van der Waals surface area contributed by atoms with E-state index >= 15 is 0 Å². The van der Waals surface area contributed by atoms with E-state index in [0.29, 0.717) is 13.1 Å². The number of carbonyl (C=O) groups is 1. The van der Waals surface area contributed by atoms with Gasteiger partial charge in [0, 0.05) is 25.6 Å². The monoisotopic (exact) mass is 294 g/mol. The smallest absolute Gasteiger partial charge is 0.222 e. The molecule has 0 spiro atoms. The van der Waals surface area contributed by atoms with Crippen LogP contribution in [0.25, 0.3) is 0 Å². The van der Waals surface area contributed by atoms with Gasteiger partial charge in [-0.3, -0.25) is 4.79 Å². The van der Waals surface area contributed by atoms with Crippen LogP contribution in [0, 0.1) is 5.41 Å². The fourth-order valence-electron chi connectivity index (χ4n) is 2.43. The van der Waals surface area contributed by atoms with Gasteiger partial charge in [-0.05, 0) is 12.8 Å². The van der Waals surface area contributed by atoms with Crippen LogP contribution in [0.15, 0.2) is 0 Å². The van der Waals surface area contributed by atoms with Gasteiger partial charge in [-0.25, -0.2) is 0 Å². The molecule has 0 aromatic rings. The van der Waals surface area contributed by atoms with E-state index in [1.165, 1.54) is 0 Å². The largest absolute Gasteiger partial charge is 0.392 e. The van der Waals surface area contributed by atoms with Crippen molar-refractivity contribution in [1.82, 2.24) is 5.32 Å². The predicted molar refractivity (Wildman–Crippen MR) is 77.3 cm³/mol. The zero-order chi connectivity index (χ0) is 13.6. The fourth-order valence-corrected chi connectivity index (χ4v) is 2.43. The molecule has 3 unspecified atom stereocenters. The Morgan fingerprint density at radius 3 is 2.79 bits per heavy atom. The van der Waals surface area contributed by atoms with Gasteiger partial charge in [0.15, 0.2) is 0 Å². The Kier molecular flexibility index (Phi) is 8.57. The van der Waals surface area contributed by atoms with E-state index in [2.05, 4.69) is 5.32 Å². The summed E-state index contributed by atoms with van der Waals surface area (Å²) in [6.45, 7) is 2.89. The Balaban J connectivity index is 0.00000324. The molecule has 1 aliphatic rings. The van der Waals surface area contributed by atoms with Gasteiger partial charge < -0.3 is 20.9 Å². The SMILES string of the molecule is COC(CN)CC(=O)NCC1(C)CCCCC1O.Cl. The van der Waals surface area contributed by atoms with E-state index in [0.717, 1.165) is 25.7 Å². The molecule has 0 aromatic carbocycles. The Hall–Kier alpha value is -0.360. The number of methoxy groups -OCH3 is 1. The first-order valence-electron chi connectivity index (χ1n) is 6.69. The van der Waals surface area contributed by atoms with Crippen LogP contribution >= 0.6 is 12.4 Å². The Bertz CT molecular complexity index is 275. The summed E-state index contributed by atoms with van der Waals surface area (Å²) >= 11 is 0. The molecule has 0 saturated heterocycles. The number of nitrogens with one attached hydrogen (secondary N) is 1. The van der Waals surface area contributed by atoms with E-state index < -0.39 is 0 Å². The maximum absolute atomic E-state index is 11.7. The molecule has 6 heteroatoms. The molecule has 5 nitrogen and oxygen atoms in total. The van der Waals surface area contributed by atoms with Gasteiger partial charge in [0.2, 0.25) is 5.91 Å². The second-order valence-corrected chi connectivity index (χ2v) is 5.49. The van der Waals surface area contributed by atoms with E-state index in [4.69, 9.17) is 10.5 Å². The van der Waals surface area contributed by atoms with Crippen molar-refractivity contribution in [3.8, 4) is 0 Å². The minimum atomic E-state index is -0.320. The van der Waals surface area contributed by atoms with Crippen LogP contribution in [0.4, 0.5) is 0 Å².